The molecule has 9 heteroatoms. The van der Waals surface area contributed by atoms with E-state index in [2.05, 4.69) is 15.7 Å². The van der Waals surface area contributed by atoms with Crippen LogP contribution >= 0.6 is 0 Å². The first-order valence-corrected chi connectivity index (χ1v) is 10.7. The lowest BCUT2D eigenvalue weighted by molar-refractivity contribution is -0.118. The molecule has 33 heavy (non-hydrogen) atoms. The van der Waals surface area contributed by atoms with Crippen LogP contribution in [0.2, 0.25) is 0 Å². The Labute approximate surface area is 192 Å². The third-order valence-electron chi connectivity index (χ3n) is 5.39. The van der Waals surface area contributed by atoms with Gasteiger partial charge < -0.3 is 20.1 Å². The van der Waals surface area contributed by atoms with E-state index < -0.39 is 0 Å². The third kappa shape index (κ3) is 5.76. The minimum atomic E-state index is -0.247. The molecule has 2 amide bonds. The molecule has 0 aliphatic carbocycles. The van der Waals surface area contributed by atoms with E-state index in [0.29, 0.717) is 35.9 Å². The number of hydrogen-bond donors (Lipinski definition) is 2. The number of aromatic nitrogens is 2. The Bertz CT molecular complexity index is 1120. The van der Waals surface area contributed by atoms with Crippen LogP contribution < -0.4 is 15.4 Å². The summed E-state index contributed by atoms with van der Waals surface area (Å²) in [5.41, 5.74) is 3.54. The van der Waals surface area contributed by atoms with Crippen molar-refractivity contribution >= 4 is 23.2 Å². The molecule has 2 heterocycles. The van der Waals surface area contributed by atoms with Crippen LogP contribution in [0.3, 0.4) is 0 Å². The Morgan fingerprint density at radius 3 is 2.48 bits per heavy atom. The Hall–Kier alpha value is -3.69. The summed E-state index contributed by atoms with van der Waals surface area (Å²) in [4.78, 5) is 27.3. The molecule has 9 nitrogen and oxygen atoms in total. The van der Waals surface area contributed by atoms with Crippen LogP contribution in [0.4, 0.5) is 11.4 Å². The molecule has 0 unspecified atom stereocenters. The van der Waals surface area contributed by atoms with Crippen molar-refractivity contribution in [2.24, 2.45) is 7.05 Å². The van der Waals surface area contributed by atoms with E-state index in [0.717, 1.165) is 24.2 Å². The number of morpholine rings is 1. The van der Waals surface area contributed by atoms with E-state index in [-0.39, 0.29) is 18.4 Å². The van der Waals surface area contributed by atoms with Crippen molar-refractivity contribution in [3.63, 3.8) is 0 Å². The number of nitrogens with one attached hydrogen (secondary N) is 2. The third-order valence-corrected chi connectivity index (χ3v) is 5.39. The first kappa shape index (κ1) is 22.5. The van der Waals surface area contributed by atoms with Crippen LogP contribution in [-0.2, 0) is 16.6 Å². The molecule has 2 N–H and O–H groups in total. The molecule has 1 fully saturated rings. The van der Waals surface area contributed by atoms with Gasteiger partial charge in [-0.3, -0.25) is 19.2 Å². The van der Waals surface area contributed by atoms with Crippen molar-refractivity contribution in [2.45, 2.75) is 0 Å². The van der Waals surface area contributed by atoms with Crippen LogP contribution in [0.25, 0.3) is 11.1 Å². The quantitative estimate of drug-likeness (QED) is 0.576. The van der Waals surface area contributed by atoms with Gasteiger partial charge in [-0.2, -0.15) is 5.10 Å². The van der Waals surface area contributed by atoms with Gasteiger partial charge in [-0.1, -0.05) is 12.1 Å². The number of rotatable bonds is 7. The van der Waals surface area contributed by atoms with Crippen LogP contribution in [0, 0.1) is 0 Å². The minimum Gasteiger partial charge on any atom is -0.495 e. The molecule has 0 atom stereocenters. The molecule has 0 bridgehead atoms. The number of methoxy groups -OCH3 is 1. The first-order valence-electron chi connectivity index (χ1n) is 10.7. The highest BCUT2D eigenvalue weighted by atomic mass is 16.5. The predicted octanol–water partition coefficient (Wildman–Crippen LogP) is 2.62. The maximum absolute atomic E-state index is 12.8. The highest BCUT2D eigenvalue weighted by Crippen LogP contribution is 2.28. The summed E-state index contributed by atoms with van der Waals surface area (Å²) in [6.07, 6.45) is 3.70. The lowest BCUT2D eigenvalue weighted by Gasteiger charge is -2.26. The zero-order valence-corrected chi connectivity index (χ0v) is 18.7. The van der Waals surface area contributed by atoms with E-state index in [1.54, 1.807) is 41.2 Å². The molecule has 3 aromatic rings. The van der Waals surface area contributed by atoms with Crippen LogP contribution in [0.5, 0.6) is 5.75 Å². The van der Waals surface area contributed by atoms with Crippen LogP contribution in [-0.4, -0.2) is 66.5 Å². The van der Waals surface area contributed by atoms with E-state index in [1.807, 2.05) is 30.3 Å². The van der Waals surface area contributed by atoms with E-state index in [4.69, 9.17) is 9.47 Å². The van der Waals surface area contributed by atoms with Gasteiger partial charge in [0.15, 0.2) is 0 Å². The van der Waals surface area contributed by atoms with Crippen molar-refractivity contribution in [3.8, 4) is 16.9 Å². The van der Waals surface area contributed by atoms with Crippen molar-refractivity contribution in [2.75, 3.05) is 50.6 Å². The van der Waals surface area contributed by atoms with Crippen LogP contribution in [0.15, 0.2) is 54.9 Å². The number of carbonyl (C=O) groups is 2. The smallest absolute Gasteiger partial charge is 0.255 e. The van der Waals surface area contributed by atoms with Gasteiger partial charge in [-0.25, -0.2) is 0 Å². The molecule has 0 radical (unpaired) electrons. The van der Waals surface area contributed by atoms with Crippen LogP contribution in [0.1, 0.15) is 10.4 Å². The van der Waals surface area contributed by atoms with Gasteiger partial charge in [0.1, 0.15) is 5.75 Å². The van der Waals surface area contributed by atoms with Crippen molar-refractivity contribution in [1.29, 1.82) is 0 Å². The average molecular weight is 450 g/mol. The Balaban J connectivity index is 1.42. The van der Waals surface area contributed by atoms with Crippen molar-refractivity contribution < 1.29 is 19.1 Å². The summed E-state index contributed by atoms with van der Waals surface area (Å²) in [5.74, 6) is 0.123. The Kier molecular flexibility index (Phi) is 7.01. The fourth-order valence-corrected chi connectivity index (χ4v) is 3.62. The predicted molar refractivity (Wildman–Crippen MR) is 125 cm³/mol. The summed E-state index contributed by atoms with van der Waals surface area (Å²) in [5, 5.41) is 9.93. The molecule has 2 aromatic carbocycles. The number of nitrogens with zero attached hydrogens (tertiary/aromatic N) is 3. The SMILES string of the molecule is COc1ccc(NC(=O)c2ccc(-c3cnn(C)c3)cc2)cc1NC(=O)CN1CCOCC1. The molecule has 1 aliphatic heterocycles. The second-order valence-electron chi connectivity index (χ2n) is 7.79. The molecule has 0 saturated carbocycles. The maximum atomic E-state index is 12.8. The largest absolute Gasteiger partial charge is 0.495 e. The molecule has 1 aliphatic rings. The lowest BCUT2D eigenvalue weighted by Crippen LogP contribution is -2.41. The number of amides is 2. The van der Waals surface area contributed by atoms with E-state index >= 15 is 0 Å². The van der Waals surface area contributed by atoms with Gasteiger partial charge in [0.25, 0.3) is 5.91 Å². The van der Waals surface area contributed by atoms with Gasteiger partial charge in [0.2, 0.25) is 5.91 Å². The molecule has 4 rings (SSSR count). The summed E-state index contributed by atoms with van der Waals surface area (Å²) < 4.78 is 12.4. The second-order valence-corrected chi connectivity index (χ2v) is 7.79. The lowest BCUT2D eigenvalue weighted by atomic mass is 10.1. The maximum Gasteiger partial charge on any atom is 0.255 e. The number of carbonyl (C=O) groups excluding carboxylic acids is 2. The molecular weight excluding hydrogens is 422 g/mol. The second kappa shape index (κ2) is 10.3. The van der Waals surface area contributed by atoms with Gasteiger partial charge >= 0.3 is 0 Å². The molecule has 172 valence electrons. The standard InChI is InChI=1S/C24H27N5O4/c1-28-15-19(14-25-28)17-3-5-18(6-4-17)24(31)26-20-7-8-22(32-2)21(13-20)27-23(30)16-29-9-11-33-12-10-29/h3-8,13-15H,9-12,16H2,1-2H3,(H,26,31)(H,27,30). The van der Waals surface area contributed by atoms with Gasteiger partial charge in [-0.15, -0.1) is 0 Å². The summed E-state index contributed by atoms with van der Waals surface area (Å²) >= 11 is 0. The normalized spacial score (nSPS) is 14.0. The summed E-state index contributed by atoms with van der Waals surface area (Å²) in [6, 6.07) is 12.5. The number of hydrogen-bond acceptors (Lipinski definition) is 6. The zero-order chi connectivity index (χ0) is 23.2. The van der Waals surface area contributed by atoms with E-state index in [1.165, 1.54) is 7.11 Å². The molecule has 1 aromatic heterocycles. The van der Waals surface area contributed by atoms with Gasteiger partial charge in [0.05, 0.1) is 38.8 Å². The summed E-state index contributed by atoms with van der Waals surface area (Å²) in [6.45, 7) is 2.97. The topological polar surface area (TPSA) is 97.7 Å². The average Bonchev–Trinajstić information content (AvgIpc) is 3.26. The van der Waals surface area contributed by atoms with Gasteiger partial charge in [0, 0.05) is 43.1 Å². The van der Waals surface area contributed by atoms with Crippen molar-refractivity contribution in [1.82, 2.24) is 14.7 Å². The number of ether oxygens (including phenoxy) is 2. The summed E-state index contributed by atoms with van der Waals surface area (Å²) in [7, 11) is 3.40. The molecule has 0 spiro atoms. The minimum absolute atomic E-state index is 0.148. The van der Waals surface area contributed by atoms with E-state index in [9.17, 15) is 9.59 Å². The number of aryl methyl sites for hydroxylation is 1. The Morgan fingerprint density at radius 1 is 1.06 bits per heavy atom. The zero-order valence-electron chi connectivity index (χ0n) is 18.7. The fourth-order valence-electron chi connectivity index (χ4n) is 3.62. The number of anilines is 2. The highest BCUT2D eigenvalue weighted by Gasteiger charge is 2.16. The number of benzene rings is 2. The first-order chi connectivity index (χ1) is 16.0. The molecular formula is C24H27N5O4. The molecule has 1 saturated heterocycles. The van der Waals surface area contributed by atoms with Crippen molar-refractivity contribution in [3.05, 3.63) is 60.4 Å². The Morgan fingerprint density at radius 2 is 1.82 bits per heavy atom. The highest BCUT2D eigenvalue weighted by molar-refractivity contribution is 6.05. The monoisotopic (exact) mass is 449 g/mol. The van der Waals surface area contributed by atoms with Gasteiger partial charge in [-0.05, 0) is 35.9 Å². The fraction of sp³-hybridized carbons (Fsp3) is 0.292.